The number of guanidine groups is 1. The minimum absolute atomic E-state index is 0.0925. The first-order valence-electron chi connectivity index (χ1n) is 8.30. The number of carbonyl (C=O) groups is 1. The molecule has 1 aromatic carbocycles. The van der Waals surface area contributed by atoms with E-state index in [9.17, 15) is 9.18 Å². The zero-order valence-corrected chi connectivity index (χ0v) is 14.3. The summed E-state index contributed by atoms with van der Waals surface area (Å²) in [5.74, 6) is 0.230. The van der Waals surface area contributed by atoms with Crippen molar-refractivity contribution in [3.05, 3.63) is 30.1 Å². The quantitative estimate of drug-likeness (QED) is 0.626. The van der Waals surface area contributed by atoms with E-state index in [1.54, 1.807) is 12.1 Å². The first-order valence-corrected chi connectivity index (χ1v) is 8.30. The third-order valence-electron chi connectivity index (χ3n) is 3.87. The lowest BCUT2D eigenvalue weighted by atomic mass is 10.2. The predicted molar refractivity (Wildman–Crippen MR) is 94.6 cm³/mol. The monoisotopic (exact) mass is 335 g/mol. The third kappa shape index (κ3) is 5.40. The van der Waals surface area contributed by atoms with Gasteiger partial charge in [0.2, 0.25) is 5.91 Å². The van der Waals surface area contributed by atoms with Crippen molar-refractivity contribution in [3.8, 4) is 0 Å². The summed E-state index contributed by atoms with van der Waals surface area (Å²) >= 11 is 0. The van der Waals surface area contributed by atoms with Crippen LogP contribution in [0.25, 0.3) is 0 Å². The van der Waals surface area contributed by atoms with Crippen molar-refractivity contribution in [3.63, 3.8) is 0 Å². The van der Waals surface area contributed by atoms with Gasteiger partial charge in [-0.1, -0.05) is 0 Å². The summed E-state index contributed by atoms with van der Waals surface area (Å²) in [6.45, 7) is 7.18. The zero-order valence-electron chi connectivity index (χ0n) is 14.3. The Hall–Kier alpha value is -2.31. The molecule has 7 heteroatoms. The summed E-state index contributed by atoms with van der Waals surface area (Å²) < 4.78 is 13.0. The van der Waals surface area contributed by atoms with Crippen molar-refractivity contribution in [2.75, 3.05) is 37.6 Å². The van der Waals surface area contributed by atoms with Gasteiger partial charge in [-0.3, -0.25) is 9.79 Å². The molecule has 2 rings (SSSR count). The van der Waals surface area contributed by atoms with Gasteiger partial charge in [0.05, 0.1) is 6.54 Å². The van der Waals surface area contributed by atoms with Gasteiger partial charge < -0.3 is 20.9 Å². The van der Waals surface area contributed by atoms with Gasteiger partial charge in [0, 0.05) is 44.3 Å². The van der Waals surface area contributed by atoms with Crippen LogP contribution in [0.4, 0.5) is 10.1 Å². The molecule has 0 saturated carbocycles. The van der Waals surface area contributed by atoms with Gasteiger partial charge in [-0.15, -0.1) is 0 Å². The number of benzene rings is 1. The molecule has 1 heterocycles. The fourth-order valence-electron chi connectivity index (χ4n) is 2.64. The van der Waals surface area contributed by atoms with E-state index in [4.69, 9.17) is 5.73 Å². The van der Waals surface area contributed by atoms with E-state index < -0.39 is 0 Å². The predicted octanol–water partition coefficient (Wildman–Crippen LogP) is 1.18. The topological polar surface area (TPSA) is 74.0 Å². The number of aliphatic imine (C=N–C) groups is 1. The molecule has 1 aromatic rings. The van der Waals surface area contributed by atoms with Crippen LogP contribution in [0.5, 0.6) is 0 Å². The standard InChI is InChI=1S/C17H26FN5O/c1-13(2)21-17(19)20-8-7-16(24)23-11-9-22(10-12-23)15-5-3-14(18)4-6-15/h3-6,13H,7-12H2,1-2H3,(H3,19,20,21). The fourth-order valence-corrected chi connectivity index (χ4v) is 2.64. The van der Waals surface area contributed by atoms with Crippen LogP contribution in [0, 0.1) is 5.82 Å². The first-order chi connectivity index (χ1) is 11.5. The van der Waals surface area contributed by atoms with E-state index in [2.05, 4.69) is 15.2 Å². The molecule has 1 amide bonds. The number of piperazine rings is 1. The second-order valence-corrected chi connectivity index (χ2v) is 6.16. The van der Waals surface area contributed by atoms with Crippen molar-refractivity contribution in [1.82, 2.24) is 10.2 Å². The molecule has 0 unspecified atom stereocenters. The number of halogens is 1. The van der Waals surface area contributed by atoms with Crippen LogP contribution in [0.1, 0.15) is 20.3 Å². The number of anilines is 1. The molecular formula is C17H26FN5O. The maximum atomic E-state index is 13.0. The summed E-state index contributed by atoms with van der Waals surface area (Å²) in [4.78, 5) is 20.4. The van der Waals surface area contributed by atoms with Crippen LogP contribution in [-0.4, -0.2) is 55.5 Å². The molecule has 0 bridgehead atoms. The molecule has 1 aliphatic rings. The van der Waals surface area contributed by atoms with Gasteiger partial charge in [-0.05, 0) is 38.1 Å². The normalized spacial score (nSPS) is 15.8. The lowest BCUT2D eigenvalue weighted by Gasteiger charge is -2.36. The second-order valence-electron chi connectivity index (χ2n) is 6.16. The Kier molecular flexibility index (Phi) is 6.40. The second kappa shape index (κ2) is 8.52. The number of rotatable bonds is 5. The number of hydrogen-bond acceptors (Lipinski definition) is 3. The fraction of sp³-hybridized carbons (Fsp3) is 0.529. The average molecular weight is 335 g/mol. The maximum Gasteiger partial charge on any atom is 0.224 e. The highest BCUT2D eigenvalue weighted by Gasteiger charge is 2.20. The highest BCUT2D eigenvalue weighted by molar-refractivity contribution is 5.79. The SMILES string of the molecule is CC(C)NC(N)=NCCC(=O)N1CCN(c2ccc(F)cc2)CC1. The lowest BCUT2D eigenvalue weighted by molar-refractivity contribution is -0.131. The van der Waals surface area contributed by atoms with Gasteiger partial charge in [-0.25, -0.2) is 4.39 Å². The molecule has 0 aliphatic carbocycles. The van der Waals surface area contributed by atoms with Crippen LogP contribution in [-0.2, 0) is 4.79 Å². The van der Waals surface area contributed by atoms with Crippen LogP contribution in [0.3, 0.4) is 0 Å². The van der Waals surface area contributed by atoms with E-state index in [-0.39, 0.29) is 17.8 Å². The molecule has 3 N–H and O–H groups in total. The molecule has 1 fully saturated rings. The summed E-state index contributed by atoms with van der Waals surface area (Å²) in [6, 6.07) is 6.68. The highest BCUT2D eigenvalue weighted by atomic mass is 19.1. The Bertz CT molecular complexity index is 565. The van der Waals surface area contributed by atoms with E-state index >= 15 is 0 Å². The molecular weight excluding hydrogens is 309 g/mol. The van der Waals surface area contributed by atoms with Crippen molar-refractivity contribution in [2.45, 2.75) is 26.3 Å². The van der Waals surface area contributed by atoms with Gasteiger partial charge in [0.15, 0.2) is 5.96 Å². The molecule has 0 atom stereocenters. The average Bonchev–Trinajstić information content (AvgIpc) is 2.55. The number of nitrogens with one attached hydrogen (secondary N) is 1. The summed E-state index contributed by atoms with van der Waals surface area (Å²) in [5, 5.41) is 2.99. The van der Waals surface area contributed by atoms with Crippen LogP contribution in [0.2, 0.25) is 0 Å². The van der Waals surface area contributed by atoms with Crippen LogP contribution >= 0.6 is 0 Å². The first kappa shape index (κ1) is 18.0. The molecule has 0 radical (unpaired) electrons. The number of carbonyl (C=O) groups excluding carboxylic acids is 1. The maximum absolute atomic E-state index is 13.0. The lowest BCUT2D eigenvalue weighted by Crippen LogP contribution is -2.49. The number of nitrogens with zero attached hydrogens (tertiary/aromatic N) is 3. The van der Waals surface area contributed by atoms with E-state index in [0.717, 1.165) is 18.8 Å². The minimum atomic E-state index is -0.237. The van der Waals surface area contributed by atoms with Gasteiger partial charge in [-0.2, -0.15) is 0 Å². The third-order valence-corrected chi connectivity index (χ3v) is 3.87. The largest absolute Gasteiger partial charge is 0.370 e. The van der Waals surface area contributed by atoms with Crippen molar-refractivity contribution in [1.29, 1.82) is 0 Å². The Morgan fingerprint density at radius 2 is 1.88 bits per heavy atom. The molecule has 24 heavy (non-hydrogen) atoms. The number of amides is 1. The molecule has 1 aliphatic heterocycles. The number of nitrogens with two attached hydrogens (primary N) is 1. The molecule has 6 nitrogen and oxygen atoms in total. The van der Waals surface area contributed by atoms with Crippen molar-refractivity contribution >= 4 is 17.6 Å². The Labute approximate surface area is 142 Å². The molecule has 1 saturated heterocycles. The van der Waals surface area contributed by atoms with Crippen molar-refractivity contribution in [2.24, 2.45) is 10.7 Å². The Morgan fingerprint density at radius 1 is 1.25 bits per heavy atom. The summed E-state index contributed by atoms with van der Waals surface area (Å²) in [6.07, 6.45) is 0.358. The Balaban J connectivity index is 1.75. The van der Waals surface area contributed by atoms with E-state index in [1.165, 1.54) is 12.1 Å². The number of hydrogen-bond donors (Lipinski definition) is 2. The Morgan fingerprint density at radius 3 is 2.46 bits per heavy atom. The molecule has 132 valence electrons. The van der Waals surface area contributed by atoms with Crippen LogP contribution in [0.15, 0.2) is 29.3 Å². The molecule has 0 aromatic heterocycles. The smallest absolute Gasteiger partial charge is 0.224 e. The van der Waals surface area contributed by atoms with Gasteiger partial charge >= 0.3 is 0 Å². The minimum Gasteiger partial charge on any atom is -0.370 e. The summed E-state index contributed by atoms with van der Waals surface area (Å²) in [5.41, 5.74) is 6.70. The molecule has 0 spiro atoms. The van der Waals surface area contributed by atoms with E-state index in [0.29, 0.717) is 32.0 Å². The van der Waals surface area contributed by atoms with Gasteiger partial charge in [0.1, 0.15) is 5.82 Å². The summed E-state index contributed by atoms with van der Waals surface area (Å²) in [7, 11) is 0. The zero-order chi connectivity index (χ0) is 17.5. The van der Waals surface area contributed by atoms with Crippen molar-refractivity contribution < 1.29 is 9.18 Å². The van der Waals surface area contributed by atoms with E-state index in [1.807, 2.05) is 18.7 Å². The van der Waals surface area contributed by atoms with Gasteiger partial charge in [0.25, 0.3) is 0 Å². The highest BCUT2D eigenvalue weighted by Crippen LogP contribution is 2.17. The van der Waals surface area contributed by atoms with Crippen LogP contribution < -0.4 is 16.0 Å².